The number of amides is 2. The van der Waals surface area contributed by atoms with Gasteiger partial charge in [-0.05, 0) is 37.8 Å². The second-order valence-corrected chi connectivity index (χ2v) is 8.62. The van der Waals surface area contributed by atoms with Crippen LogP contribution in [0, 0.1) is 0 Å². The van der Waals surface area contributed by atoms with E-state index in [4.69, 9.17) is 14.2 Å². The van der Waals surface area contributed by atoms with Gasteiger partial charge in [0.05, 0.1) is 21.3 Å². The quantitative estimate of drug-likeness (QED) is 0.360. The molecule has 3 rings (SSSR count). The summed E-state index contributed by atoms with van der Waals surface area (Å²) >= 11 is 0. The molecule has 0 unspecified atom stereocenters. The predicted molar refractivity (Wildman–Crippen MR) is 124 cm³/mol. The van der Waals surface area contributed by atoms with E-state index < -0.39 is 0 Å². The molecule has 2 fully saturated rings. The third-order valence-corrected chi connectivity index (χ3v) is 6.41. The largest absolute Gasteiger partial charge is 0.496 e. The van der Waals surface area contributed by atoms with Gasteiger partial charge in [-0.2, -0.15) is 0 Å². The van der Waals surface area contributed by atoms with Crippen LogP contribution in [0.1, 0.15) is 69.8 Å². The number of nitrogens with one attached hydrogen (secondary N) is 2. The van der Waals surface area contributed by atoms with Crippen LogP contribution in [0.5, 0.6) is 17.2 Å². The summed E-state index contributed by atoms with van der Waals surface area (Å²) in [7, 11) is 4.64. The molecule has 0 spiro atoms. The number of methoxy groups -OCH3 is 3. The Bertz CT molecular complexity index is 790. The van der Waals surface area contributed by atoms with Crippen molar-refractivity contribution < 1.29 is 23.8 Å². The molecule has 2 N–H and O–H groups in total. The number of hydrogen-bond acceptors (Lipinski definition) is 5. The Morgan fingerprint density at radius 3 is 1.59 bits per heavy atom. The fraction of sp³-hybridized carbons (Fsp3) is 0.600. The first-order valence-corrected chi connectivity index (χ1v) is 11.7. The van der Waals surface area contributed by atoms with Gasteiger partial charge in [0, 0.05) is 23.7 Å². The molecule has 176 valence electrons. The van der Waals surface area contributed by atoms with E-state index in [1.165, 1.54) is 12.8 Å². The number of carbonyl (C=O) groups is 2. The van der Waals surface area contributed by atoms with Crippen molar-refractivity contribution >= 4 is 17.9 Å². The highest BCUT2D eigenvalue weighted by atomic mass is 16.5. The van der Waals surface area contributed by atoms with Crippen LogP contribution in [0.4, 0.5) is 0 Å². The normalized spacial score (nSPS) is 17.2. The van der Waals surface area contributed by atoms with Gasteiger partial charge >= 0.3 is 0 Å². The monoisotopic (exact) mass is 444 g/mol. The van der Waals surface area contributed by atoms with E-state index in [-0.39, 0.29) is 29.5 Å². The fourth-order valence-electron chi connectivity index (χ4n) is 4.58. The van der Waals surface area contributed by atoms with Gasteiger partial charge in [-0.15, -0.1) is 0 Å². The lowest BCUT2D eigenvalue weighted by atomic mass is 9.94. The first-order chi connectivity index (χ1) is 15.5. The first-order valence-electron chi connectivity index (χ1n) is 11.7. The number of benzene rings is 1. The van der Waals surface area contributed by atoms with Crippen molar-refractivity contribution in [2.75, 3.05) is 21.3 Å². The maximum atomic E-state index is 13.2. The summed E-state index contributed by atoms with van der Waals surface area (Å²) in [6.45, 7) is 0. The summed E-state index contributed by atoms with van der Waals surface area (Å²) in [6, 6.07) is 3.63. The van der Waals surface area contributed by atoms with Crippen LogP contribution in [-0.2, 0) is 9.59 Å². The van der Waals surface area contributed by atoms with Gasteiger partial charge in [0.25, 0.3) is 11.8 Å². The Morgan fingerprint density at radius 2 is 1.16 bits per heavy atom. The minimum Gasteiger partial charge on any atom is -0.496 e. The molecule has 2 amide bonds. The number of ether oxygens (including phenoxy) is 3. The highest BCUT2D eigenvalue weighted by Gasteiger charge is 2.26. The molecule has 1 aromatic rings. The standard InChI is InChI=1S/C25H36N2O5/c1-30-21-16-23(32-3)22(31-2)15-17(21)14-20(24(28)26-18-10-6-4-7-11-18)25(29)27-19-12-8-5-9-13-19/h14-16,18-19H,4-13H2,1-3H3,(H,26,28)(H,27,29). The highest BCUT2D eigenvalue weighted by molar-refractivity contribution is 6.22. The van der Waals surface area contributed by atoms with Crippen LogP contribution in [0.2, 0.25) is 0 Å². The minimum atomic E-state index is -0.345. The van der Waals surface area contributed by atoms with Gasteiger partial charge in [0.1, 0.15) is 11.3 Å². The van der Waals surface area contributed by atoms with Crippen LogP contribution < -0.4 is 24.8 Å². The number of carbonyl (C=O) groups excluding carboxylic acids is 2. The molecule has 7 heteroatoms. The molecule has 7 nitrogen and oxygen atoms in total. The van der Waals surface area contributed by atoms with E-state index in [9.17, 15) is 9.59 Å². The Balaban J connectivity index is 1.92. The third-order valence-electron chi connectivity index (χ3n) is 6.41. The van der Waals surface area contributed by atoms with Crippen molar-refractivity contribution in [3.05, 3.63) is 23.3 Å². The van der Waals surface area contributed by atoms with Crippen molar-refractivity contribution in [3.8, 4) is 17.2 Å². The van der Waals surface area contributed by atoms with Gasteiger partial charge in [0.15, 0.2) is 11.5 Å². The molecule has 2 aliphatic carbocycles. The summed E-state index contributed by atoms with van der Waals surface area (Å²) in [5, 5.41) is 6.16. The van der Waals surface area contributed by atoms with Crippen molar-refractivity contribution in [1.29, 1.82) is 0 Å². The van der Waals surface area contributed by atoms with Crippen LogP contribution in [-0.4, -0.2) is 45.2 Å². The molecule has 0 saturated heterocycles. The predicted octanol–water partition coefficient (Wildman–Crippen LogP) is 3.99. The zero-order chi connectivity index (χ0) is 22.9. The van der Waals surface area contributed by atoms with Gasteiger partial charge in [-0.1, -0.05) is 38.5 Å². The molecular weight excluding hydrogens is 408 g/mol. The highest BCUT2D eigenvalue weighted by Crippen LogP contribution is 2.36. The molecule has 0 radical (unpaired) electrons. The summed E-state index contributed by atoms with van der Waals surface area (Å²) in [5.74, 6) is 0.820. The smallest absolute Gasteiger partial charge is 0.257 e. The second kappa shape index (κ2) is 11.8. The lowest BCUT2D eigenvalue weighted by molar-refractivity contribution is -0.124. The summed E-state index contributed by atoms with van der Waals surface area (Å²) < 4.78 is 16.3. The number of rotatable bonds is 8. The van der Waals surface area contributed by atoms with Crippen molar-refractivity contribution in [2.45, 2.75) is 76.3 Å². The van der Waals surface area contributed by atoms with E-state index in [1.54, 1.807) is 39.5 Å². The topological polar surface area (TPSA) is 85.9 Å². The fourth-order valence-corrected chi connectivity index (χ4v) is 4.58. The van der Waals surface area contributed by atoms with Gasteiger partial charge in [-0.3, -0.25) is 9.59 Å². The zero-order valence-corrected chi connectivity index (χ0v) is 19.5. The van der Waals surface area contributed by atoms with Gasteiger partial charge < -0.3 is 24.8 Å². The van der Waals surface area contributed by atoms with E-state index in [0.29, 0.717) is 22.8 Å². The van der Waals surface area contributed by atoms with E-state index in [1.807, 2.05) is 0 Å². The number of hydrogen-bond donors (Lipinski definition) is 2. The zero-order valence-electron chi connectivity index (χ0n) is 19.5. The van der Waals surface area contributed by atoms with Crippen LogP contribution in [0.3, 0.4) is 0 Å². The molecule has 0 heterocycles. The van der Waals surface area contributed by atoms with E-state index >= 15 is 0 Å². The Kier molecular flexibility index (Phi) is 8.82. The van der Waals surface area contributed by atoms with E-state index in [2.05, 4.69) is 10.6 Å². The lowest BCUT2D eigenvalue weighted by Crippen LogP contribution is -2.43. The third kappa shape index (κ3) is 6.17. The van der Waals surface area contributed by atoms with Crippen molar-refractivity contribution in [3.63, 3.8) is 0 Å². The van der Waals surface area contributed by atoms with Crippen LogP contribution in [0.15, 0.2) is 17.7 Å². The van der Waals surface area contributed by atoms with Gasteiger partial charge in [0.2, 0.25) is 0 Å². The summed E-state index contributed by atoms with van der Waals surface area (Å²) in [5.41, 5.74) is 0.671. The molecular formula is C25H36N2O5. The molecule has 0 bridgehead atoms. The van der Waals surface area contributed by atoms with Crippen LogP contribution >= 0.6 is 0 Å². The van der Waals surface area contributed by atoms with Crippen molar-refractivity contribution in [1.82, 2.24) is 10.6 Å². The second-order valence-electron chi connectivity index (χ2n) is 8.62. The Morgan fingerprint density at radius 1 is 0.719 bits per heavy atom. The molecule has 0 aromatic heterocycles. The molecule has 0 atom stereocenters. The van der Waals surface area contributed by atoms with Gasteiger partial charge in [-0.25, -0.2) is 0 Å². The van der Waals surface area contributed by atoms with Crippen molar-refractivity contribution in [2.24, 2.45) is 0 Å². The SMILES string of the molecule is COc1cc(OC)c(OC)cc1C=C(C(=O)NC1CCCCC1)C(=O)NC1CCCCC1. The molecule has 2 saturated carbocycles. The summed E-state index contributed by atoms with van der Waals surface area (Å²) in [4.78, 5) is 26.5. The maximum Gasteiger partial charge on any atom is 0.257 e. The minimum absolute atomic E-state index is 0.0895. The first kappa shape index (κ1) is 24.0. The molecule has 0 aliphatic heterocycles. The average molecular weight is 445 g/mol. The molecule has 32 heavy (non-hydrogen) atoms. The van der Waals surface area contributed by atoms with Crippen LogP contribution in [0.25, 0.3) is 6.08 Å². The van der Waals surface area contributed by atoms with E-state index in [0.717, 1.165) is 51.4 Å². The molecule has 2 aliphatic rings. The maximum absolute atomic E-state index is 13.2. The molecule has 1 aromatic carbocycles. The Labute approximate surface area is 190 Å². The summed E-state index contributed by atoms with van der Waals surface area (Å²) in [6.07, 6.45) is 12.2. The lowest BCUT2D eigenvalue weighted by Gasteiger charge is -2.25. The average Bonchev–Trinajstić information content (AvgIpc) is 2.83. The Hall–Kier alpha value is -2.70.